The van der Waals surface area contributed by atoms with Crippen LogP contribution in [0, 0.1) is 0 Å². The molecule has 1 atom stereocenters. The van der Waals surface area contributed by atoms with Gasteiger partial charge in [-0.25, -0.2) is 0 Å². The number of hydrogen-bond donors (Lipinski definition) is 1. The fourth-order valence-corrected chi connectivity index (χ4v) is 1.13. The SMILES string of the molecule is [B]C(=O)N1CCNC(C)C1. The monoisotopic (exact) mass is 138 g/mol. The second-order valence-electron chi connectivity index (χ2n) is 2.64. The molecule has 0 bridgehead atoms. The molecular formula is C6H11BN2O. The van der Waals surface area contributed by atoms with E-state index >= 15 is 0 Å². The Morgan fingerprint density at radius 3 is 2.90 bits per heavy atom. The summed E-state index contributed by atoms with van der Waals surface area (Å²) in [5.41, 5.74) is 0. The largest absolute Gasteiger partial charge is 0.350 e. The molecule has 1 aliphatic heterocycles. The molecule has 1 saturated heterocycles. The van der Waals surface area contributed by atoms with Crippen molar-refractivity contribution < 1.29 is 4.79 Å². The highest BCUT2D eigenvalue weighted by molar-refractivity contribution is 6.56. The Hall–Kier alpha value is -0.505. The molecule has 0 spiro atoms. The summed E-state index contributed by atoms with van der Waals surface area (Å²) in [6.07, 6.45) is 0. The average Bonchev–Trinajstić information content (AvgIpc) is 1.88. The zero-order valence-electron chi connectivity index (χ0n) is 6.13. The molecule has 2 radical (unpaired) electrons. The van der Waals surface area contributed by atoms with Crippen LogP contribution in [0.25, 0.3) is 0 Å². The van der Waals surface area contributed by atoms with Crippen LogP contribution in [0.4, 0.5) is 4.79 Å². The van der Waals surface area contributed by atoms with E-state index in [1.54, 1.807) is 4.90 Å². The van der Waals surface area contributed by atoms with E-state index in [0.29, 0.717) is 6.04 Å². The van der Waals surface area contributed by atoms with Crippen molar-refractivity contribution in [2.24, 2.45) is 0 Å². The third kappa shape index (κ3) is 1.74. The van der Waals surface area contributed by atoms with Gasteiger partial charge < -0.3 is 10.2 Å². The maximum atomic E-state index is 10.6. The van der Waals surface area contributed by atoms with E-state index in [4.69, 9.17) is 7.85 Å². The van der Waals surface area contributed by atoms with Gasteiger partial charge in [-0.15, -0.1) is 0 Å². The lowest BCUT2D eigenvalue weighted by molar-refractivity contribution is 0.202. The molecule has 54 valence electrons. The third-order valence-electron chi connectivity index (χ3n) is 1.68. The van der Waals surface area contributed by atoms with Gasteiger partial charge in [0.05, 0.1) is 0 Å². The Labute approximate surface area is 62.2 Å². The van der Waals surface area contributed by atoms with Gasteiger partial charge in [0.2, 0.25) is 7.85 Å². The maximum Gasteiger partial charge on any atom is 0.200 e. The van der Waals surface area contributed by atoms with E-state index in [-0.39, 0.29) is 5.81 Å². The topological polar surface area (TPSA) is 32.3 Å². The van der Waals surface area contributed by atoms with E-state index in [2.05, 4.69) is 5.32 Å². The van der Waals surface area contributed by atoms with Crippen LogP contribution in [-0.2, 0) is 0 Å². The molecule has 1 N–H and O–H groups in total. The third-order valence-corrected chi connectivity index (χ3v) is 1.68. The van der Waals surface area contributed by atoms with E-state index in [0.717, 1.165) is 19.6 Å². The molecule has 1 rings (SSSR count). The predicted molar refractivity (Wildman–Crippen MR) is 40.2 cm³/mol. The molecule has 1 unspecified atom stereocenters. The fourth-order valence-electron chi connectivity index (χ4n) is 1.13. The van der Waals surface area contributed by atoms with Gasteiger partial charge in [0.1, 0.15) is 0 Å². The van der Waals surface area contributed by atoms with E-state index in [9.17, 15) is 4.79 Å². The first-order chi connectivity index (χ1) is 4.70. The molecular weight excluding hydrogens is 127 g/mol. The minimum atomic E-state index is -0.312. The normalized spacial score (nSPS) is 26.5. The van der Waals surface area contributed by atoms with Crippen LogP contribution in [-0.4, -0.2) is 44.2 Å². The molecule has 0 aliphatic carbocycles. The van der Waals surface area contributed by atoms with Crippen LogP contribution in [0.2, 0.25) is 0 Å². The van der Waals surface area contributed by atoms with Gasteiger partial charge in [-0.05, 0) is 6.92 Å². The van der Waals surface area contributed by atoms with Crippen molar-refractivity contribution in [3.05, 3.63) is 0 Å². The number of nitrogens with zero attached hydrogens (tertiary/aromatic N) is 1. The van der Waals surface area contributed by atoms with Crippen molar-refractivity contribution in [3.63, 3.8) is 0 Å². The number of amides is 1. The van der Waals surface area contributed by atoms with Crippen LogP contribution in [0.15, 0.2) is 0 Å². The van der Waals surface area contributed by atoms with E-state index < -0.39 is 0 Å². The molecule has 1 amide bonds. The maximum absolute atomic E-state index is 10.6. The number of carbonyl (C=O) groups excluding carboxylic acids is 1. The second kappa shape index (κ2) is 3.06. The predicted octanol–water partition coefficient (Wildman–Crippen LogP) is -0.431. The highest BCUT2D eigenvalue weighted by Crippen LogP contribution is 1.97. The molecule has 1 fully saturated rings. The standard InChI is InChI=1S/C6H11BN2O/c1-5-4-9(6(7)10)3-2-8-5/h5,8H,2-4H2,1H3. The second-order valence-corrected chi connectivity index (χ2v) is 2.64. The molecule has 0 aromatic heterocycles. The van der Waals surface area contributed by atoms with Crippen molar-refractivity contribution in [1.29, 1.82) is 0 Å². The van der Waals surface area contributed by atoms with Gasteiger partial charge >= 0.3 is 0 Å². The first-order valence-corrected chi connectivity index (χ1v) is 3.48. The zero-order valence-corrected chi connectivity index (χ0v) is 6.13. The summed E-state index contributed by atoms with van der Waals surface area (Å²) in [6, 6.07) is 0.376. The summed E-state index contributed by atoms with van der Waals surface area (Å²) in [5.74, 6) is -0.312. The van der Waals surface area contributed by atoms with Crippen molar-refractivity contribution in [3.8, 4) is 0 Å². The number of carbonyl (C=O) groups is 1. The van der Waals surface area contributed by atoms with Crippen LogP contribution in [0.1, 0.15) is 6.92 Å². The Balaban J connectivity index is 2.39. The molecule has 10 heavy (non-hydrogen) atoms. The summed E-state index contributed by atoms with van der Waals surface area (Å²) in [5, 5.41) is 3.22. The lowest BCUT2D eigenvalue weighted by Gasteiger charge is -2.31. The quantitative estimate of drug-likeness (QED) is 0.460. The van der Waals surface area contributed by atoms with Gasteiger partial charge in [-0.3, -0.25) is 4.79 Å². The van der Waals surface area contributed by atoms with Crippen LogP contribution in [0.5, 0.6) is 0 Å². The number of rotatable bonds is 0. The lowest BCUT2D eigenvalue weighted by atomic mass is 10.1. The van der Waals surface area contributed by atoms with Crippen LogP contribution in [0.3, 0.4) is 0 Å². The van der Waals surface area contributed by atoms with Gasteiger partial charge in [-0.1, -0.05) is 0 Å². The molecule has 0 saturated carbocycles. The Morgan fingerprint density at radius 2 is 2.50 bits per heavy atom. The molecule has 0 aromatic carbocycles. The van der Waals surface area contributed by atoms with Gasteiger partial charge in [-0.2, -0.15) is 0 Å². The average molecular weight is 138 g/mol. The molecule has 1 heterocycles. The van der Waals surface area contributed by atoms with Crippen molar-refractivity contribution >= 4 is 13.7 Å². The summed E-state index contributed by atoms with van der Waals surface area (Å²) in [4.78, 5) is 12.3. The van der Waals surface area contributed by atoms with Crippen LogP contribution < -0.4 is 5.32 Å². The minimum absolute atomic E-state index is 0.312. The summed E-state index contributed by atoms with van der Waals surface area (Å²) in [6.45, 7) is 4.36. The molecule has 0 aromatic rings. The van der Waals surface area contributed by atoms with Gasteiger partial charge in [0.25, 0.3) is 0 Å². The summed E-state index contributed by atoms with van der Waals surface area (Å²) in [7, 11) is 5.09. The molecule has 3 nitrogen and oxygen atoms in total. The van der Waals surface area contributed by atoms with Crippen LogP contribution >= 0.6 is 0 Å². The summed E-state index contributed by atoms with van der Waals surface area (Å²) < 4.78 is 0. The lowest BCUT2D eigenvalue weighted by Crippen LogP contribution is -2.51. The van der Waals surface area contributed by atoms with Crippen molar-refractivity contribution in [2.45, 2.75) is 13.0 Å². The first kappa shape index (κ1) is 7.60. The minimum Gasteiger partial charge on any atom is -0.350 e. The fraction of sp³-hybridized carbons (Fsp3) is 0.833. The van der Waals surface area contributed by atoms with Gasteiger partial charge in [0, 0.05) is 25.7 Å². The van der Waals surface area contributed by atoms with Crippen molar-refractivity contribution in [2.75, 3.05) is 19.6 Å². The summed E-state index contributed by atoms with van der Waals surface area (Å²) >= 11 is 0. The zero-order chi connectivity index (χ0) is 7.56. The number of piperazine rings is 1. The Morgan fingerprint density at radius 1 is 1.80 bits per heavy atom. The number of hydrogen-bond acceptors (Lipinski definition) is 2. The molecule has 1 aliphatic rings. The molecule has 4 heteroatoms. The Kier molecular flexibility index (Phi) is 2.32. The smallest absolute Gasteiger partial charge is 0.200 e. The van der Waals surface area contributed by atoms with Crippen molar-refractivity contribution in [1.82, 2.24) is 10.2 Å². The van der Waals surface area contributed by atoms with Gasteiger partial charge in [0.15, 0.2) is 5.81 Å². The highest BCUT2D eigenvalue weighted by atomic mass is 16.1. The number of nitrogens with one attached hydrogen (secondary N) is 1. The Bertz CT molecular complexity index is 140. The highest BCUT2D eigenvalue weighted by Gasteiger charge is 2.16. The van der Waals surface area contributed by atoms with E-state index in [1.165, 1.54) is 0 Å². The van der Waals surface area contributed by atoms with E-state index in [1.807, 2.05) is 6.92 Å². The first-order valence-electron chi connectivity index (χ1n) is 3.48.